The summed E-state index contributed by atoms with van der Waals surface area (Å²) in [5.74, 6) is -1.58. The van der Waals surface area contributed by atoms with Crippen molar-refractivity contribution in [3.63, 3.8) is 0 Å². The van der Waals surface area contributed by atoms with E-state index in [-0.39, 0.29) is 69.6 Å². The number of nitrogens with zero attached hydrogens (tertiary/aromatic N) is 9. The number of likely N-dealkylation sites (tertiary alicyclic amines) is 1. The lowest BCUT2D eigenvalue weighted by atomic mass is 9.65. The summed E-state index contributed by atoms with van der Waals surface area (Å²) in [5.41, 5.74) is 0.630. The number of amides is 3. The first-order chi connectivity index (χ1) is 32.7. The van der Waals surface area contributed by atoms with Crippen LogP contribution >= 0.6 is 0 Å². The van der Waals surface area contributed by atoms with E-state index in [2.05, 4.69) is 29.9 Å². The molecule has 5 saturated heterocycles. The Morgan fingerprint density at radius 1 is 0.971 bits per heavy atom. The Labute approximate surface area is 390 Å². The number of aromatic nitrogens is 4. The van der Waals surface area contributed by atoms with Crippen LogP contribution in [0.3, 0.4) is 0 Å². The van der Waals surface area contributed by atoms with Crippen LogP contribution in [0.25, 0.3) is 21.8 Å². The molecule has 18 nitrogen and oxygen atoms in total. The largest absolute Gasteiger partial charge is 0.453 e. The van der Waals surface area contributed by atoms with Gasteiger partial charge in [-0.25, -0.2) is 18.6 Å². The lowest BCUT2D eigenvalue weighted by Gasteiger charge is -2.54. The van der Waals surface area contributed by atoms with E-state index in [0.717, 1.165) is 70.5 Å². The summed E-state index contributed by atoms with van der Waals surface area (Å²) in [7, 11) is -2.22. The van der Waals surface area contributed by atoms with Crippen LogP contribution < -0.4 is 30.1 Å². The molecule has 1 aliphatic carbocycles. The van der Waals surface area contributed by atoms with Gasteiger partial charge in [-0.05, 0) is 92.8 Å². The van der Waals surface area contributed by atoms with Crippen molar-refractivity contribution in [2.75, 3.05) is 66.9 Å². The van der Waals surface area contributed by atoms with Crippen molar-refractivity contribution in [1.82, 2.24) is 33.9 Å². The fourth-order valence-electron chi connectivity index (χ4n) is 11.3. The number of urea groups is 1. The predicted octanol–water partition coefficient (Wildman–Crippen LogP) is 5.35. The van der Waals surface area contributed by atoms with Crippen molar-refractivity contribution in [2.24, 2.45) is 18.4 Å². The molecule has 2 spiro atoms. The van der Waals surface area contributed by atoms with Crippen LogP contribution in [-0.2, 0) is 33.3 Å². The molecule has 6 aliphatic rings. The van der Waals surface area contributed by atoms with Crippen LogP contribution in [0, 0.1) is 34.3 Å². The van der Waals surface area contributed by atoms with Crippen LogP contribution in [-0.4, -0.2) is 113 Å². The molecule has 5 aromatic rings. The van der Waals surface area contributed by atoms with Gasteiger partial charge in [-0.2, -0.15) is 23.1 Å². The molecular formula is C47H51F2N11O7S. The first-order valence-corrected chi connectivity index (χ1v) is 24.7. The number of hydrogen-bond donors (Lipinski definition) is 2. The maximum Gasteiger partial charge on any atom is 0.329 e. The minimum atomic E-state index is -3.98. The van der Waals surface area contributed by atoms with E-state index >= 15 is 8.78 Å². The average Bonchev–Trinajstić information content (AvgIpc) is 3.83. The summed E-state index contributed by atoms with van der Waals surface area (Å²) in [6, 6.07) is 11.7. The minimum absolute atomic E-state index is 0.0448. The number of imide groups is 1. The quantitative estimate of drug-likeness (QED) is 0.182. The maximum atomic E-state index is 15.8. The molecule has 0 radical (unpaired) electrons. The second kappa shape index (κ2) is 16.8. The number of nitriles is 1. The summed E-state index contributed by atoms with van der Waals surface area (Å²) in [5, 5.41) is 17.6. The van der Waals surface area contributed by atoms with E-state index in [0.29, 0.717) is 73.3 Å². The zero-order valence-corrected chi connectivity index (χ0v) is 38.4. The number of aryl methyl sites for hydroxylation is 1. The molecule has 11 rings (SSSR count). The van der Waals surface area contributed by atoms with Crippen molar-refractivity contribution < 1.29 is 36.3 Å². The molecule has 6 fully saturated rings. The van der Waals surface area contributed by atoms with Gasteiger partial charge in [0.2, 0.25) is 5.91 Å². The number of carbonyl (C=O) groups is 2. The molecule has 1 saturated carbocycles. The smallest absolute Gasteiger partial charge is 0.329 e. The van der Waals surface area contributed by atoms with Gasteiger partial charge in [0.05, 0.1) is 46.3 Å². The van der Waals surface area contributed by atoms with Gasteiger partial charge >= 0.3 is 16.2 Å². The lowest BCUT2D eigenvalue weighted by molar-refractivity contribution is -0.120. The molecule has 2 aromatic heterocycles. The summed E-state index contributed by atoms with van der Waals surface area (Å²) in [6.45, 7) is 4.99. The van der Waals surface area contributed by atoms with Gasteiger partial charge in [0.25, 0.3) is 5.56 Å². The zero-order chi connectivity index (χ0) is 47.1. The first-order valence-electron chi connectivity index (χ1n) is 23.3. The summed E-state index contributed by atoms with van der Waals surface area (Å²) in [4.78, 5) is 48.7. The minimum Gasteiger partial charge on any atom is -0.453 e. The van der Waals surface area contributed by atoms with Gasteiger partial charge in [0.1, 0.15) is 23.2 Å². The Morgan fingerprint density at radius 2 is 1.75 bits per heavy atom. The zero-order valence-electron chi connectivity index (χ0n) is 37.5. The molecular weight excluding hydrogens is 901 g/mol. The summed E-state index contributed by atoms with van der Waals surface area (Å²) >= 11 is 0. The van der Waals surface area contributed by atoms with Crippen molar-refractivity contribution >= 4 is 61.1 Å². The Hall–Kier alpha value is -6.21. The van der Waals surface area contributed by atoms with Crippen molar-refractivity contribution in [3.8, 4) is 17.6 Å². The third-order valence-electron chi connectivity index (χ3n) is 15.2. The SMILES string of the molecule is Cn1nc(N2CCC(=O)NC2=O)c2cc(F)c(N3CCC(N4CCC5(CC4)C[C@@H](Cn4cnc6ccc(Oc7c(F)ccc(NS(=O)(=O)N8CC9(CCC9)C8)c7C#N)cc6c4=O)CO5)CC3)cc21. The number of piperidine rings is 2. The number of benzene rings is 3. The monoisotopic (exact) mass is 951 g/mol. The van der Waals surface area contributed by atoms with Gasteiger partial charge in [-0.3, -0.25) is 33.8 Å². The number of halogens is 2. The van der Waals surface area contributed by atoms with Crippen LogP contribution in [0.1, 0.15) is 63.4 Å². The predicted molar refractivity (Wildman–Crippen MR) is 247 cm³/mol. The maximum absolute atomic E-state index is 15.8. The first kappa shape index (κ1) is 44.3. The highest BCUT2D eigenvalue weighted by Crippen LogP contribution is 2.49. The number of rotatable bonds is 10. The fourth-order valence-corrected chi connectivity index (χ4v) is 12.7. The number of anilines is 3. The van der Waals surface area contributed by atoms with Crippen LogP contribution in [0.15, 0.2) is 53.6 Å². The number of carbonyl (C=O) groups excluding carboxylic acids is 2. The highest BCUT2D eigenvalue weighted by atomic mass is 32.2. The topological polar surface area (TPSA) is 200 Å². The molecule has 0 unspecified atom stereocenters. The third kappa shape index (κ3) is 7.89. The van der Waals surface area contributed by atoms with Gasteiger partial charge in [0, 0.05) is 83.2 Å². The normalized spacial score (nSPS) is 22.1. The molecule has 356 valence electrons. The number of fused-ring (bicyclic) bond motifs is 2. The molecule has 68 heavy (non-hydrogen) atoms. The fraction of sp³-hybridized carbons (Fsp3) is 0.489. The van der Waals surface area contributed by atoms with E-state index in [1.165, 1.54) is 39.8 Å². The second-order valence-corrected chi connectivity index (χ2v) is 21.1. The van der Waals surface area contributed by atoms with Crippen LogP contribution in [0.4, 0.5) is 30.8 Å². The van der Waals surface area contributed by atoms with Crippen LogP contribution in [0.2, 0.25) is 0 Å². The number of ether oxygens (including phenoxy) is 2. The van der Waals surface area contributed by atoms with E-state index < -0.39 is 27.8 Å². The molecule has 5 aliphatic heterocycles. The molecule has 2 N–H and O–H groups in total. The standard InChI is InChI=1S/C47H51F2N11O7S/c1-55-39-21-40(36(49)20-33(39)43(53-55)60-16-9-41(61)52-45(60)63)57-14-7-30(8-15-57)56-17-12-47(13-18-56)22-29(25-66-47)24-58-28-51-37-5-3-31(19-32(37)44(58)62)67-42-34(23-50)38(6-4-35(42)48)54-68(64,65)59-26-46(27-59)10-2-11-46/h3-6,19-21,28-30,54H,2,7-18,22,24-27H2,1H3,(H,52,61,63)/t29-/m0/s1. The Balaban J connectivity index is 0.701. The number of nitrogens with one attached hydrogen (secondary N) is 2. The molecule has 3 aromatic carbocycles. The van der Waals surface area contributed by atoms with Crippen molar-refractivity contribution in [2.45, 2.75) is 76.0 Å². The summed E-state index contributed by atoms with van der Waals surface area (Å²) in [6.07, 6.45) is 8.98. The molecule has 21 heteroatoms. The van der Waals surface area contributed by atoms with E-state index in [1.54, 1.807) is 28.4 Å². The summed E-state index contributed by atoms with van der Waals surface area (Å²) < 4.78 is 76.8. The van der Waals surface area contributed by atoms with Gasteiger partial charge in [-0.15, -0.1) is 0 Å². The van der Waals surface area contributed by atoms with Crippen molar-refractivity contribution in [1.29, 1.82) is 5.26 Å². The van der Waals surface area contributed by atoms with Crippen LogP contribution in [0.5, 0.6) is 11.5 Å². The van der Waals surface area contributed by atoms with Crippen molar-refractivity contribution in [3.05, 3.63) is 76.3 Å². The van der Waals surface area contributed by atoms with E-state index in [9.17, 15) is 28.1 Å². The highest BCUT2D eigenvalue weighted by molar-refractivity contribution is 7.90. The molecule has 1 atom stereocenters. The molecule has 7 heterocycles. The molecule has 0 bridgehead atoms. The second-order valence-electron chi connectivity index (χ2n) is 19.5. The Kier molecular flexibility index (Phi) is 10.9. The van der Waals surface area contributed by atoms with Gasteiger partial charge in [-0.1, -0.05) is 6.42 Å². The Bertz CT molecular complexity index is 3090. The average molecular weight is 952 g/mol. The lowest BCUT2D eigenvalue weighted by Crippen LogP contribution is -2.62. The Morgan fingerprint density at radius 3 is 2.47 bits per heavy atom. The van der Waals surface area contributed by atoms with E-state index in [1.807, 2.05) is 6.07 Å². The molecule has 3 amide bonds. The van der Waals surface area contributed by atoms with Gasteiger partial charge < -0.3 is 19.3 Å². The highest BCUT2D eigenvalue weighted by Gasteiger charge is 2.51. The number of hydrogen-bond acceptors (Lipinski definition) is 12. The van der Waals surface area contributed by atoms with E-state index in [4.69, 9.17) is 9.47 Å². The van der Waals surface area contributed by atoms with Gasteiger partial charge in [0.15, 0.2) is 17.4 Å². The third-order valence-corrected chi connectivity index (χ3v) is 16.7.